The molecule has 0 atom stereocenters. The lowest BCUT2D eigenvalue weighted by Crippen LogP contribution is -2.22. The van der Waals surface area contributed by atoms with Crippen molar-refractivity contribution in [2.45, 2.75) is 62.2 Å². The number of halogens is 6. The van der Waals surface area contributed by atoms with Crippen LogP contribution < -0.4 is 10.6 Å². The smallest absolute Gasteiger partial charge is 0.348 e. The predicted octanol–water partition coefficient (Wildman–Crippen LogP) is 10.9. The molecule has 8 rings (SSSR count). The number of benzene rings is 6. The first-order valence-corrected chi connectivity index (χ1v) is 25.1. The van der Waals surface area contributed by atoms with Crippen LogP contribution in [-0.4, -0.2) is 49.3 Å². The van der Waals surface area contributed by atoms with Crippen molar-refractivity contribution in [1.82, 2.24) is 19.8 Å². The van der Waals surface area contributed by atoms with E-state index in [-0.39, 0.29) is 46.2 Å². The summed E-state index contributed by atoms with van der Waals surface area (Å²) in [5.74, 6) is -0.491. The average Bonchev–Trinajstić information content (AvgIpc) is 3.95. The number of aromatic nitrogens is 2. The molecule has 2 N–H and O–H groups in total. The number of amides is 2. The van der Waals surface area contributed by atoms with Gasteiger partial charge in [-0.25, -0.2) is 16.8 Å². The molecule has 0 saturated carbocycles. The quantitative estimate of drug-likeness (QED) is 0.104. The van der Waals surface area contributed by atoms with Crippen molar-refractivity contribution in [2.24, 2.45) is 0 Å². The Morgan fingerprint density at radius 1 is 0.457 bits per heavy atom. The first kappa shape index (κ1) is 50.7. The van der Waals surface area contributed by atoms with E-state index in [1.165, 1.54) is 48.5 Å². The highest BCUT2D eigenvalue weighted by molar-refractivity contribution is 7.91. The average molecular weight is 1000 g/mol. The number of fused-ring (bicyclic) bond motifs is 2. The molecule has 0 aliphatic rings. The third-order valence-corrected chi connectivity index (χ3v) is 15.1. The lowest BCUT2D eigenvalue weighted by molar-refractivity contribution is -0.138. The number of nitrogens with one attached hydrogen (secondary N) is 2. The van der Waals surface area contributed by atoms with Crippen molar-refractivity contribution in [1.29, 1.82) is 0 Å². The Balaban J connectivity index is 0.000000206. The van der Waals surface area contributed by atoms with Crippen LogP contribution in [0.3, 0.4) is 0 Å². The zero-order valence-corrected chi connectivity index (χ0v) is 39.3. The molecule has 0 bridgehead atoms. The number of sulfone groups is 2. The van der Waals surface area contributed by atoms with Gasteiger partial charge >= 0.3 is 12.4 Å². The minimum atomic E-state index is -4.37. The molecule has 0 aliphatic carbocycles. The SMILES string of the molecule is CCS(=O)(=O)c1ccc(CNC(=O)c2ccc3c(ccn3Cc3ccc(C(F)(F)F)cc3)c2)cc1.CCS(=O)(=O)c1ccc(CNC(=O)c2ccc3c(ccn3Cc3ccc(C(F)(F)F)cc3)c2)cc1. The summed E-state index contributed by atoms with van der Waals surface area (Å²) in [5.41, 5.74) is 4.29. The summed E-state index contributed by atoms with van der Waals surface area (Å²) in [6, 6.07) is 37.1. The number of hydrogen-bond donors (Lipinski definition) is 2. The first-order chi connectivity index (χ1) is 33.1. The maximum atomic E-state index is 12.8. The second kappa shape index (κ2) is 20.8. The van der Waals surface area contributed by atoms with E-state index in [4.69, 9.17) is 0 Å². The Bertz CT molecular complexity index is 3140. The molecular formula is C52H46F6N4O6S2. The summed E-state index contributed by atoms with van der Waals surface area (Å²) in [6.45, 7) is 4.47. The zero-order chi connectivity index (χ0) is 50.4. The Morgan fingerprint density at radius 2 is 0.786 bits per heavy atom. The van der Waals surface area contributed by atoms with Crippen LogP contribution in [0.5, 0.6) is 0 Å². The molecule has 0 aliphatic heterocycles. The predicted molar refractivity (Wildman–Crippen MR) is 256 cm³/mol. The van der Waals surface area contributed by atoms with Crippen LogP contribution in [0.4, 0.5) is 26.3 Å². The molecule has 10 nitrogen and oxygen atoms in total. The molecule has 2 amide bonds. The summed E-state index contributed by atoms with van der Waals surface area (Å²) in [7, 11) is -6.54. The standard InChI is InChI=1S/2C26H23F3N2O3S/c2*1-2-35(33,34)23-10-5-18(6-11-23)16-30-25(32)21-7-12-24-20(15-21)13-14-31(24)17-19-3-8-22(9-4-19)26(27,28)29/h2*3-15H,2,16-17H2,1H3,(H,30,32). The van der Waals surface area contributed by atoms with Crippen molar-refractivity contribution in [3.63, 3.8) is 0 Å². The van der Waals surface area contributed by atoms with Gasteiger partial charge in [0.2, 0.25) is 0 Å². The molecule has 0 radical (unpaired) electrons. The molecule has 6 aromatic carbocycles. The molecule has 0 saturated heterocycles. The third-order valence-electron chi connectivity index (χ3n) is 11.6. The van der Waals surface area contributed by atoms with Gasteiger partial charge in [-0.3, -0.25) is 9.59 Å². The van der Waals surface area contributed by atoms with Gasteiger partial charge in [-0.2, -0.15) is 26.3 Å². The number of rotatable bonds is 14. The Morgan fingerprint density at radius 3 is 1.10 bits per heavy atom. The third kappa shape index (κ3) is 12.3. The summed E-state index contributed by atoms with van der Waals surface area (Å²) in [5, 5.41) is 7.32. The van der Waals surface area contributed by atoms with E-state index in [9.17, 15) is 52.8 Å². The van der Waals surface area contributed by atoms with Crippen molar-refractivity contribution in [3.05, 3.63) is 202 Å². The fourth-order valence-electron chi connectivity index (χ4n) is 7.48. The molecule has 364 valence electrons. The molecule has 8 aromatic rings. The van der Waals surface area contributed by atoms with Gasteiger partial charge < -0.3 is 19.8 Å². The minimum absolute atomic E-state index is 0.0254. The summed E-state index contributed by atoms with van der Waals surface area (Å²) in [6.07, 6.45) is -5.07. The van der Waals surface area contributed by atoms with Crippen molar-refractivity contribution in [2.75, 3.05) is 11.5 Å². The Kier molecular flexibility index (Phi) is 15.1. The maximum absolute atomic E-state index is 12.8. The fourth-order valence-corrected chi connectivity index (χ4v) is 9.25. The van der Waals surface area contributed by atoms with Gasteiger partial charge in [0.1, 0.15) is 0 Å². The van der Waals surface area contributed by atoms with Gasteiger partial charge in [-0.15, -0.1) is 0 Å². The molecule has 70 heavy (non-hydrogen) atoms. The van der Waals surface area contributed by atoms with Gasteiger partial charge in [0.05, 0.1) is 32.4 Å². The molecule has 18 heteroatoms. The maximum Gasteiger partial charge on any atom is 0.416 e. The molecule has 0 spiro atoms. The van der Waals surface area contributed by atoms with Crippen molar-refractivity contribution in [3.8, 4) is 0 Å². The van der Waals surface area contributed by atoms with Crippen LogP contribution in [0.15, 0.2) is 168 Å². The summed E-state index contributed by atoms with van der Waals surface area (Å²) < 4.78 is 128. The number of carbonyl (C=O) groups excluding carboxylic acids is 2. The van der Waals surface area contributed by atoms with E-state index < -0.39 is 43.2 Å². The van der Waals surface area contributed by atoms with Crippen LogP contribution >= 0.6 is 0 Å². The lowest BCUT2D eigenvalue weighted by Gasteiger charge is -2.10. The van der Waals surface area contributed by atoms with E-state index in [0.29, 0.717) is 24.2 Å². The number of alkyl halides is 6. The van der Waals surface area contributed by atoms with Gasteiger partial charge in [-0.05, 0) is 119 Å². The normalized spacial score (nSPS) is 12.1. The second-order valence-electron chi connectivity index (χ2n) is 16.3. The van der Waals surface area contributed by atoms with E-state index >= 15 is 0 Å². The highest BCUT2D eigenvalue weighted by Gasteiger charge is 2.31. The molecular weight excluding hydrogens is 955 g/mol. The van der Waals surface area contributed by atoms with E-state index in [1.807, 2.05) is 33.7 Å². The molecule has 2 aromatic heterocycles. The van der Waals surface area contributed by atoms with E-state index in [0.717, 1.165) is 68.3 Å². The van der Waals surface area contributed by atoms with Gasteiger partial charge in [-0.1, -0.05) is 62.4 Å². The molecule has 2 heterocycles. The Labute approximate surface area is 400 Å². The highest BCUT2D eigenvalue weighted by atomic mass is 32.2. The van der Waals surface area contributed by atoms with E-state index in [1.54, 1.807) is 74.5 Å². The minimum Gasteiger partial charge on any atom is -0.348 e. The van der Waals surface area contributed by atoms with Gasteiger partial charge in [0.15, 0.2) is 19.7 Å². The Hall–Kier alpha value is -7.18. The lowest BCUT2D eigenvalue weighted by atomic mass is 10.1. The monoisotopic (exact) mass is 1000 g/mol. The van der Waals surface area contributed by atoms with Crippen molar-refractivity contribution < 1.29 is 52.8 Å². The fraction of sp³-hybridized carbons (Fsp3) is 0.192. The van der Waals surface area contributed by atoms with Gasteiger partial charge in [0.25, 0.3) is 11.8 Å². The second-order valence-corrected chi connectivity index (χ2v) is 20.8. The topological polar surface area (TPSA) is 136 Å². The van der Waals surface area contributed by atoms with Crippen LogP contribution in [-0.2, 0) is 58.2 Å². The largest absolute Gasteiger partial charge is 0.416 e. The van der Waals surface area contributed by atoms with Crippen molar-refractivity contribution >= 4 is 53.3 Å². The van der Waals surface area contributed by atoms with Crippen LogP contribution in [0.25, 0.3) is 21.8 Å². The first-order valence-electron chi connectivity index (χ1n) is 21.8. The van der Waals surface area contributed by atoms with Gasteiger partial charge in [0, 0.05) is 71.5 Å². The molecule has 0 fully saturated rings. The van der Waals surface area contributed by atoms with E-state index in [2.05, 4.69) is 10.6 Å². The number of nitrogens with zero attached hydrogens (tertiary/aromatic N) is 2. The summed E-state index contributed by atoms with van der Waals surface area (Å²) in [4.78, 5) is 25.8. The van der Waals surface area contributed by atoms with Crippen LogP contribution in [0.2, 0.25) is 0 Å². The zero-order valence-electron chi connectivity index (χ0n) is 37.7. The summed E-state index contributed by atoms with van der Waals surface area (Å²) >= 11 is 0. The van der Waals surface area contributed by atoms with Crippen LogP contribution in [0, 0.1) is 0 Å². The van der Waals surface area contributed by atoms with Crippen LogP contribution in [0.1, 0.15) is 67.9 Å². The number of carbonyl (C=O) groups is 2. The highest BCUT2D eigenvalue weighted by Crippen LogP contribution is 2.31. The molecule has 0 unspecified atom stereocenters. The number of hydrogen-bond acceptors (Lipinski definition) is 6.